The number of hydrogen-bond donors (Lipinski definition) is 1. The van der Waals surface area contributed by atoms with Gasteiger partial charge in [0.1, 0.15) is 0 Å². The first-order valence-corrected chi connectivity index (χ1v) is 8.27. The first-order chi connectivity index (χ1) is 10.8. The monoisotopic (exact) mass is 299 g/mol. The molecule has 0 spiro atoms. The van der Waals surface area contributed by atoms with Crippen LogP contribution in [0.5, 0.6) is 0 Å². The maximum Gasteiger partial charge on any atom is 0.237 e. The molecule has 1 fully saturated rings. The van der Waals surface area contributed by atoms with Gasteiger partial charge in [0.25, 0.3) is 0 Å². The Balaban J connectivity index is 1.46. The van der Waals surface area contributed by atoms with Crippen LogP contribution in [0.15, 0.2) is 36.5 Å². The highest BCUT2D eigenvalue weighted by atomic mass is 16.2. The van der Waals surface area contributed by atoms with E-state index in [1.807, 2.05) is 0 Å². The molecule has 1 aliphatic rings. The summed E-state index contributed by atoms with van der Waals surface area (Å²) in [7, 11) is 2.05. The fraction of sp³-hybridized carbons (Fsp3) is 0.500. The van der Waals surface area contributed by atoms with Gasteiger partial charge in [-0.3, -0.25) is 9.69 Å². The molecule has 0 saturated carbocycles. The molecule has 0 radical (unpaired) electrons. The SMILES string of the molecule is CN1CCCCC1C(=O)NCCCn1ccc2ccccc21. The van der Waals surface area contributed by atoms with Gasteiger partial charge < -0.3 is 9.88 Å². The van der Waals surface area contributed by atoms with Gasteiger partial charge in [-0.25, -0.2) is 0 Å². The molecule has 118 valence electrons. The average molecular weight is 299 g/mol. The molecule has 1 aromatic heterocycles. The number of nitrogens with one attached hydrogen (secondary N) is 1. The number of fused-ring (bicyclic) bond motifs is 1. The van der Waals surface area contributed by atoms with Crippen molar-refractivity contribution in [1.82, 2.24) is 14.8 Å². The number of likely N-dealkylation sites (tertiary alicyclic amines) is 1. The van der Waals surface area contributed by atoms with E-state index in [0.29, 0.717) is 0 Å². The Morgan fingerprint density at radius 2 is 2.14 bits per heavy atom. The van der Waals surface area contributed by atoms with Crippen molar-refractivity contribution in [2.75, 3.05) is 20.1 Å². The average Bonchev–Trinajstić information content (AvgIpc) is 2.95. The summed E-state index contributed by atoms with van der Waals surface area (Å²) in [6, 6.07) is 10.6. The first-order valence-electron chi connectivity index (χ1n) is 8.27. The molecule has 0 bridgehead atoms. The molecule has 1 atom stereocenters. The number of hydrogen-bond acceptors (Lipinski definition) is 2. The van der Waals surface area contributed by atoms with Gasteiger partial charge in [-0.15, -0.1) is 0 Å². The summed E-state index contributed by atoms with van der Waals surface area (Å²) in [5, 5.41) is 4.37. The fourth-order valence-corrected chi connectivity index (χ4v) is 3.32. The summed E-state index contributed by atoms with van der Waals surface area (Å²) in [6.07, 6.45) is 6.45. The molecule has 1 aliphatic heterocycles. The minimum Gasteiger partial charge on any atom is -0.355 e. The second kappa shape index (κ2) is 6.97. The number of amides is 1. The summed E-state index contributed by atoms with van der Waals surface area (Å²) >= 11 is 0. The number of rotatable bonds is 5. The number of nitrogens with zero attached hydrogens (tertiary/aromatic N) is 2. The number of aromatic nitrogens is 1. The Hall–Kier alpha value is -1.81. The molecule has 1 N–H and O–H groups in total. The van der Waals surface area contributed by atoms with Gasteiger partial charge >= 0.3 is 0 Å². The van der Waals surface area contributed by atoms with Crippen molar-refractivity contribution in [1.29, 1.82) is 0 Å². The smallest absolute Gasteiger partial charge is 0.237 e. The predicted molar refractivity (Wildman–Crippen MR) is 89.8 cm³/mol. The zero-order valence-corrected chi connectivity index (χ0v) is 13.3. The largest absolute Gasteiger partial charge is 0.355 e. The summed E-state index contributed by atoms with van der Waals surface area (Å²) in [6.45, 7) is 2.72. The molecule has 1 unspecified atom stereocenters. The zero-order valence-electron chi connectivity index (χ0n) is 13.3. The minimum atomic E-state index is 0.0705. The molecule has 0 aliphatic carbocycles. The van der Waals surface area contributed by atoms with Gasteiger partial charge in [0.05, 0.1) is 6.04 Å². The quantitative estimate of drug-likeness (QED) is 0.862. The lowest BCUT2D eigenvalue weighted by Gasteiger charge is -2.31. The fourth-order valence-electron chi connectivity index (χ4n) is 3.32. The van der Waals surface area contributed by atoms with Gasteiger partial charge in [-0.2, -0.15) is 0 Å². The second-order valence-electron chi connectivity index (χ2n) is 6.20. The highest BCUT2D eigenvalue weighted by Crippen LogP contribution is 2.16. The molecule has 1 saturated heterocycles. The number of benzene rings is 1. The molecule has 1 aromatic carbocycles. The van der Waals surface area contributed by atoms with Crippen molar-refractivity contribution in [3.8, 4) is 0 Å². The van der Waals surface area contributed by atoms with Crippen LogP contribution in [0.4, 0.5) is 0 Å². The van der Waals surface area contributed by atoms with Crippen LogP contribution in [0.3, 0.4) is 0 Å². The third kappa shape index (κ3) is 3.33. The molecular formula is C18H25N3O. The van der Waals surface area contributed by atoms with Crippen molar-refractivity contribution in [3.63, 3.8) is 0 Å². The summed E-state index contributed by atoms with van der Waals surface area (Å²) < 4.78 is 2.26. The summed E-state index contributed by atoms with van der Waals surface area (Å²) in [5.41, 5.74) is 1.26. The standard InChI is InChI=1S/C18H25N3O/c1-20-12-5-4-9-17(20)18(22)19-11-6-13-21-14-10-15-7-2-3-8-16(15)21/h2-3,7-8,10,14,17H,4-6,9,11-13H2,1H3,(H,19,22). The van der Waals surface area contributed by atoms with Crippen LogP contribution in [0, 0.1) is 0 Å². The number of aryl methyl sites for hydroxylation is 1. The number of carbonyl (C=O) groups excluding carboxylic acids is 1. The number of carbonyl (C=O) groups is 1. The third-order valence-electron chi connectivity index (χ3n) is 4.63. The Kier molecular flexibility index (Phi) is 4.78. The zero-order chi connectivity index (χ0) is 15.4. The molecule has 4 heteroatoms. The number of piperidine rings is 1. The normalized spacial score (nSPS) is 19.4. The van der Waals surface area contributed by atoms with Gasteiger partial charge in [-0.1, -0.05) is 24.6 Å². The van der Waals surface area contributed by atoms with Gasteiger partial charge in [0.15, 0.2) is 0 Å². The lowest BCUT2D eigenvalue weighted by atomic mass is 10.0. The first kappa shape index (κ1) is 15.1. The van der Waals surface area contributed by atoms with Crippen molar-refractivity contribution in [2.24, 2.45) is 0 Å². The van der Waals surface area contributed by atoms with Crippen molar-refractivity contribution < 1.29 is 4.79 Å². The van der Waals surface area contributed by atoms with E-state index < -0.39 is 0 Å². The van der Waals surface area contributed by atoms with Crippen LogP contribution in [0.25, 0.3) is 10.9 Å². The minimum absolute atomic E-state index is 0.0705. The third-order valence-corrected chi connectivity index (χ3v) is 4.63. The van der Waals surface area contributed by atoms with E-state index >= 15 is 0 Å². The van der Waals surface area contributed by atoms with Crippen LogP contribution >= 0.6 is 0 Å². The predicted octanol–water partition coefficient (Wildman–Crippen LogP) is 2.63. The Morgan fingerprint density at radius 3 is 3.00 bits per heavy atom. The van der Waals surface area contributed by atoms with Gasteiger partial charge in [0.2, 0.25) is 5.91 Å². The Labute approximate surface area is 132 Å². The Bertz CT molecular complexity index is 634. The van der Waals surface area contributed by atoms with E-state index in [-0.39, 0.29) is 11.9 Å². The molecule has 3 rings (SSSR count). The second-order valence-corrected chi connectivity index (χ2v) is 6.20. The van der Waals surface area contributed by atoms with Crippen molar-refractivity contribution in [3.05, 3.63) is 36.5 Å². The van der Waals surface area contributed by atoms with E-state index in [4.69, 9.17) is 0 Å². The van der Waals surface area contributed by atoms with Gasteiger partial charge in [0, 0.05) is 24.8 Å². The molecule has 1 amide bonds. The topological polar surface area (TPSA) is 37.3 Å². The molecule has 22 heavy (non-hydrogen) atoms. The van der Waals surface area contributed by atoms with E-state index in [1.54, 1.807) is 0 Å². The molecule has 4 nitrogen and oxygen atoms in total. The van der Waals surface area contributed by atoms with E-state index in [2.05, 4.69) is 58.4 Å². The van der Waals surface area contributed by atoms with E-state index in [0.717, 1.165) is 38.9 Å². The van der Waals surface area contributed by atoms with Crippen LogP contribution in [-0.4, -0.2) is 41.6 Å². The van der Waals surface area contributed by atoms with Crippen LogP contribution in [0.2, 0.25) is 0 Å². The highest BCUT2D eigenvalue weighted by molar-refractivity contribution is 5.81. The van der Waals surface area contributed by atoms with Crippen molar-refractivity contribution >= 4 is 16.8 Å². The summed E-state index contributed by atoms with van der Waals surface area (Å²) in [4.78, 5) is 14.4. The number of para-hydroxylation sites is 1. The van der Waals surface area contributed by atoms with Gasteiger partial charge in [-0.05, 0) is 50.4 Å². The van der Waals surface area contributed by atoms with Crippen LogP contribution in [-0.2, 0) is 11.3 Å². The molecular weight excluding hydrogens is 274 g/mol. The summed E-state index contributed by atoms with van der Waals surface area (Å²) in [5.74, 6) is 0.194. The van der Waals surface area contributed by atoms with E-state index in [1.165, 1.54) is 17.3 Å². The molecule has 2 heterocycles. The maximum atomic E-state index is 12.2. The lowest BCUT2D eigenvalue weighted by molar-refractivity contribution is -0.127. The van der Waals surface area contributed by atoms with Crippen LogP contribution < -0.4 is 5.32 Å². The lowest BCUT2D eigenvalue weighted by Crippen LogP contribution is -2.47. The van der Waals surface area contributed by atoms with Crippen molar-refractivity contribution in [2.45, 2.75) is 38.3 Å². The molecule has 2 aromatic rings. The number of likely N-dealkylation sites (N-methyl/N-ethyl adjacent to an activating group) is 1. The maximum absolute atomic E-state index is 12.2. The van der Waals surface area contributed by atoms with E-state index in [9.17, 15) is 4.79 Å². The van der Waals surface area contributed by atoms with Crippen LogP contribution in [0.1, 0.15) is 25.7 Å². The Morgan fingerprint density at radius 1 is 1.27 bits per heavy atom. The highest BCUT2D eigenvalue weighted by Gasteiger charge is 2.25.